The van der Waals surface area contributed by atoms with Crippen LogP contribution in [0.3, 0.4) is 0 Å². The van der Waals surface area contributed by atoms with Gasteiger partial charge in [0, 0.05) is 16.2 Å². The molecule has 2 unspecified atom stereocenters. The van der Waals surface area contributed by atoms with E-state index in [4.69, 9.17) is 4.42 Å². The van der Waals surface area contributed by atoms with Crippen molar-refractivity contribution in [1.82, 2.24) is 5.32 Å². The first-order chi connectivity index (χ1) is 7.19. The van der Waals surface area contributed by atoms with Gasteiger partial charge in [0.2, 0.25) is 0 Å². The highest BCUT2D eigenvalue weighted by Gasteiger charge is 2.16. The molecule has 0 aliphatic heterocycles. The van der Waals surface area contributed by atoms with Gasteiger partial charge in [-0.1, -0.05) is 20.8 Å². The normalized spacial score (nSPS) is 15.2. The Morgan fingerprint density at radius 1 is 1.47 bits per heavy atom. The number of hydrogen-bond acceptors (Lipinski definition) is 3. The Morgan fingerprint density at radius 3 is 2.67 bits per heavy atom. The first kappa shape index (κ1) is 12.7. The number of rotatable bonds is 6. The lowest BCUT2D eigenvalue weighted by Gasteiger charge is -2.22. The van der Waals surface area contributed by atoms with Gasteiger partial charge in [-0.25, -0.2) is 0 Å². The average Bonchev–Trinajstić information content (AvgIpc) is 2.60. The molecule has 0 amide bonds. The molecule has 3 heteroatoms. The molecule has 0 aromatic carbocycles. The van der Waals surface area contributed by atoms with Gasteiger partial charge in [-0.2, -0.15) is 0 Å². The Balaban J connectivity index is 2.53. The van der Waals surface area contributed by atoms with Crippen molar-refractivity contribution in [2.75, 3.05) is 6.54 Å². The quantitative estimate of drug-likeness (QED) is 0.753. The summed E-state index contributed by atoms with van der Waals surface area (Å²) in [6.45, 7) is 9.71. The lowest BCUT2D eigenvalue weighted by Crippen LogP contribution is -2.35. The van der Waals surface area contributed by atoms with E-state index in [1.54, 1.807) is 6.26 Å². The minimum atomic E-state index is 0.575. The predicted molar refractivity (Wildman–Crippen MR) is 66.5 cm³/mol. The van der Waals surface area contributed by atoms with Crippen LogP contribution in [0.1, 0.15) is 33.0 Å². The molecule has 0 aliphatic rings. The van der Waals surface area contributed by atoms with E-state index in [9.17, 15) is 0 Å². The Morgan fingerprint density at radius 2 is 2.20 bits per heavy atom. The molecular formula is C12H21NOS. The van der Waals surface area contributed by atoms with Crippen LogP contribution in [0.2, 0.25) is 0 Å². The van der Waals surface area contributed by atoms with Crippen LogP contribution in [-0.2, 0) is 0 Å². The van der Waals surface area contributed by atoms with Crippen molar-refractivity contribution in [2.24, 2.45) is 0 Å². The Bertz CT molecular complexity index is 285. The molecule has 2 nitrogen and oxygen atoms in total. The summed E-state index contributed by atoms with van der Waals surface area (Å²) in [5, 5.41) is 4.09. The van der Waals surface area contributed by atoms with Crippen LogP contribution in [-0.4, -0.2) is 17.8 Å². The molecule has 0 fully saturated rings. The molecule has 1 aromatic rings. The standard InChI is InChI=1S/C12H21NOS/c1-5-11(13-6-2)10(4)15-12-7-8-14-9(12)3/h7-8,10-11,13H,5-6H2,1-4H3. The molecule has 1 heterocycles. The minimum absolute atomic E-state index is 0.575. The van der Waals surface area contributed by atoms with Crippen LogP contribution in [0.25, 0.3) is 0 Å². The lowest BCUT2D eigenvalue weighted by molar-refractivity contribution is 0.507. The molecule has 15 heavy (non-hydrogen) atoms. The summed E-state index contributed by atoms with van der Waals surface area (Å²) in [7, 11) is 0. The van der Waals surface area contributed by atoms with E-state index in [1.165, 1.54) is 11.3 Å². The Kier molecular flexibility index (Phi) is 5.26. The van der Waals surface area contributed by atoms with Crippen molar-refractivity contribution in [3.05, 3.63) is 18.1 Å². The van der Waals surface area contributed by atoms with Crippen LogP contribution in [0.4, 0.5) is 0 Å². The third kappa shape index (κ3) is 3.58. The zero-order valence-corrected chi connectivity index (χ0v) is 10.9. The van der Waals surface area contributed by atoms with Gasteiger partial charge in [-0.3, -0.25) is 0 Å². The van der Waals surface area contributed by atoms with Crippen molar-refractivity contribution >= 4 is 11.8 Å². The van der Waals surface area contributed by atoms with E-state index in [2.05, 4.69) is 32.2 Å². The van der Waals surface area contributed by atoms with E-state index < -0.39 is 0 Å². The second-order valence-corrected chi connectivity index (χ2v) is 5.16. The second-order valence-electron chi connectivity index (χ2n) is 3.74. The zero-order valence-electron chi connectivity index (χ0n) is 10.0. The maximum Gasteiger partial charge on any atom is 0.114 e. The molecule has 0 aliphatic carbocycles. The maximum absolute atomic E-state index is 5.30. The maximum atomic E-state index is 5.30. The molecule has 0 radical (unpaired) electrons. The van der Waals surface area contributed by atoms with Gasteiger partial charge >= 0.3 is 0 Å². The predicted octanol–water partition coefficient (Wildman–Crippen LogP) is 3.46. The molecule has 0 bridgehead atoms. The Labute approximate surface area is 96.8 Å². The van der Waals surface area contributed by atoms with E-state index in [-0.39, 0.29) is 0 Å². The van der Waals surface area contributed by atoms with Gasteiger partial charge < -0.3 is 9.73 Å². The Hall–Kier alpha value is -0.410. The molecule has 1 aromatic heterocycles. The molecule has 1 N–H and O–H groups in total. The average molecular weight is 227 g/mol. The van der Waals surface area contributed by atoms with Crippen molar-refractivity contribution in [2.45, 2.75) is 50.3 Å². The van der Waals surface area contributed by atoms with Crippen LogP contribution in [0.15, 0.2) is 21.6 Å². The van der Waals surface area contributed by atoms with Crippen molar-refractivity contribution in [3.8, 4) is 0 Å². The summed E-state index contributed by atoms with van der Waals surface area (Å²) in [5.41, 5.74) is 0. The van der Waals surface area contributed by atoms with Crippen LogP contribution >= 0.6 is 11.8 Å². The van der Waals surface area contributed by atoms with Gasteiger partial charge in [-0.15, -0.1) is 11.8 Å². The van der Waals surface area contributed by atoms with Gasteiger partial charge in [0.1, 0.15) is 5.76 Å². The molecule has 0 saturated heterocycles. The molecular weight excluding hydrogens is 206 g/mol. The smallest absolute Gasteiger partial charge is 0.114 e. The molecule has 2 atom stereocenters. The van der Waals surface area contributed by atoms with Crippen molar-refractivity contribution < 1.29 is 4.42 Å². The largest absolute Gasteiger partial charge is 0.468 e. The summed E-state index contributed by atoms with van der Waals surface area (Å²) in [4.78, 5) is 1.26. The summed E-state index contributed by atoms with van der Waals surface area (Å²) < 4.78 is 5.30. The molecule has 0 saturated carbocycles. The molecule has 86 valence electrons. The van der Waals surface area contributed by atoms with Crippen molar-refractivity contribution in [1.29, 1.82) is 0 Å². The highest BCUT2D eigenvalue weighted by molar-refractivity contribution is 8.00. The van der Waals surface area contributed by atoms with Gasteiger partial charge in [-0.05, 0) is 26.0 Å². The zero-order chi connectivity index (χ0) is 11.3. The number of aryl methyl sites for hydroxylation is 1. The van der Waals surface area contributed by atoms with E-state index in [1.807, 2.05) is 18.7 Å². The number of hydrogen-bond donors (Lipinski definition) is 1. The highest BCUT2D eigenvalue weighted by atomic mass is 32.2. The van der Waals surface area contributed by atoms with E-state index in [0.717, 1.165) is 12.3 Å². The van der Waals surface area contributed by atoms with Crippen LogP contribution < -0.4 is 5.32 Å². The summed E-state index contributed by atoms with van der Waals surface area (Å²) >= 11 is 1.89. The third-order valence-corrected chi connectivity index (χ3v) is 3.97. The van der Waals surface area contributed by atoms with Crippen molar-refractivity contribution in [3.63, 3.8) is 0 Å². The monoisotopic (exact) mass is 227 g/mol. The molecule has 0 spiro atoms. The second kappa shape index (κ2) is 6.23. The molecule has 1 rings (SSSR count). The highest BCUT2D eigenvalue weighted by Crippen LogP contribution is 2.29. The first-order valence-corrected chi connectivity index (χ1v) is 6.51. The van der Waals surface area contributed by atoms with E-state index in [0.29, 0.717) is 11.3 Å². The first-order valence-electron chi connectivity index (χ1n) is 5.63. The van der Waals surface area contributed by atoms with Crippen LogP contribution in [0.5, 0.6) is 0 Å². The summed E-state index contributed by atoms with van der Waals surface area (Å²) in [5.74, 6) is 1.03. The number of furan rings is 1. The van der Waals surface area contributed by atoms with Gasteiger partial charge in [0.25, 0.3) is 0 Å². The van der Waals surface area contributed by atoms with Gasteiger partial charge in [0.05, 0.1) is 6.26 Å². The lowest BCUT2D eigenvalue weighted by atomic mass is 10.2. The fourth-order valence-corrected chi connectivity index (χ4v) is 2.88. The summed E-state index contributed by atoms with van der Waals surface area (Å²) in [6, 6.07) is 2.63. The topological polar surface area (TPSA) is 25.2 Å². The number of thioether (sulfide) groups is 1. The van der Waals surface area contributed by atoms with E-state index >= 15 is 0 Å². The fraction of sp³-hybridized carbons (Fsp3) is 0.667. The minimum Gasteiger partial charge on any atom is -0.468 e. The fourth-order valence-electron chi connectivity index (χ4n) is 1.68. The summed E-state index contributed by atoms with van der Waals surface area (Å²) in [6.07, 6.45) is 2.93. The number of nitrogens with one attached hydrogen (secondary N) is 1. The SMILES string of the molecule is CCNC(CC)C(C)Sc1ccoc1C. The van der Waals surface area contributed by atoms with Crippen LogP contribution in [0, 0.1) is 6.92 Å². The third-order valence-electron chi connectivity index (χ3n) is 2.60. The van der Waals surface area contributed by atoms with Gasteiger partial charge in [0.15, 0.2) is 0 Å².